The fraction of sp³-hybridized carbons (Fsp3) is 0.414. The van der Waals surface area contributed by atoms with Crippen molar-refractivity contribution in [2.24, 2.45) is 7.05 Å². The minimum atomic E-state index is 0.568. The van der Waals surface area contributed by atoms with Crippen molar-refractivity contribution in [2.75, 3.05) is 38.2 Å². The van der Waals surface area contributed by atoms with E-state index in [1.54, 1.807) is 7.11 Å². The molecule has 7 nitrogen and oxygen atoms in total. The van der Waals surface area contributed by atoms with Crippen molar-refractivity contribution in [2.45, 2.75) is 37.6 Å². The van der Waals surface area contributed by atoms with Gasteiger partial charge in [-0.25, -0.2) is 0 Å². The summed E-state index contributed by atoms with van der Waals surface area (Å²) in [5.41, 5.74) is 4.32. The van der Waals surface area contributed by atoms with Crippen LogP contribution in [0.2, 0.25) is 0 Å². The van der Waals surface area contributed by atoms with Crippen LogP contribution in [-0.2, 0) is 7.05 Å². The van der Waals surface area contributed by atoms with Gasteiger partial charge in [0.15, 0.2) is 5.82 Å². The molecule has 0 radical (unpaired) electrons. The van der Waals surface area contributed by atoms with Crippen LogP contribution in [0.5, 0.6) is 5.88 Å². The summed E-state index contributed by atoms with van der Waals surface area (Å²) in [5, 5.41) is 11.7. The van der Waals surface area contributed by atoms with Gasteiger partial charge in [-0.15, -0.1) is 0 Å². The maximum atomic E-state index is 9.37. The molecule has 0 bridgehead atoms. The number of nitriles is 1. The highest BCUT2D eigenvalue weighted by Crippen LogP contribution is 2.39. The molecule has 2 fully saturated rings. The second kappa shape index (κ2) is 9.44. The Bertz CT molecular complexity index is 1440. The van der Waals surface area contributed by atoms with Crippen molar-refractivity contribution >= 4 is 27.6 Å². The normalized spacial score (nSPS) is 21.1. The molecule has 1 aliphatic heterocycles. The molecule has 7 heteroatoms. The van der Waals surface area contributed by atoms with E-state index in [0.717, 1.165) is 48.5 Å². The Balaban J connectivity index is 1.12. The maximum Gasteiger partial charge on any atom is 0.215 e. The van der Waals surface area contributed by atoms with E-state index in [2.05, 4.69) is 56.9 Å². The average molecular weight is 481 g/mol. The number of piperazine rings is 1. The largest absolute Gasteiger partial charge is 0.481 e. The molecule has 1 saturated heterocycles. The average Bonchev–Trinajstić information content (AvgIpc) is 3.28. The van der Waals surface area contributed by atoms with Crippen LogP contribution in [0.15, 0.2) is 48.8 Å². The third kappa shape index (κ3) is 4.06. The first-order chi connectivity index (χ1) is 17.6. The van der Waals surface area contributed by atoms with Crippen molar-refractivity contribution in [1.82, 2.24) is 19.4 Å². The Morgan fingerprint density at radius 2 is 1.83 bits per heavy atom. The second-order valence-electron chi connectivity index (χ2n) is 10.1. The Kier molecular flexibility index (Phi) is 5.98. The molecule has 1 aromatic carbocycles. The van der Waals surface area contributed by atoms with Crippen molar-refractivity contribution in [3.63, 3.8) is 0 Å². The first kappa shape index (κ1) is 22.8. The lowest BCUT2D eigenvalue weighted by Crippen LogP contribution is -2.51. The van der Waals surface area contributed by atoms with E-state index in [-0.39, 0.29) is 0 Å². The van der Waals surface area contributed by atoms with E-state index in [1.807, 2.05) is 24.4 Å². The fourth-order valence-corrected chi connectivity index (χ4v) is 6.24. The van der Waals surface area contributed by atoms with Gasteiger partial charge in [0.1, 0.15) is 5.52 Å². The zero-order valence-electron chi connectivity index (χ0n) is 21.0. The molecule has 1 aliphatic carbocycles. The zero-order valence-corrected chi connectivity index (χ0v) is 21.0. The number of aryl methyl sites for hydroxylation is 1. The van der Waals surface area contributed by atoms with Gasteiger partial charge in [0, 0.05) is 74.0 Å². The van der Waals surface area contributed by atoms with Crippen LogP contribution in [0.3, 0.4) is 0 Å². The molecular formula is C29H32N6O. The van der Waals surface area contributed by atoms with E-state index >= 15 is 0 Å². The highest BCUT2D eigenvalue weighted by molar-refractivity contribution is 5.89. The summed E-state index contributed by atoms with van der Waals surface area (Å²) >= 11 is 0. The summed E-state index contributed by atoms with van der Waals surface area (Å²) in [6.07, 6.45) is 8.97. The third-order valence-corrected chi connectivity index (χ3v) is 8.17. The molecule has 4 aromatic rings. The number of ether oxygens (including phenoxy) is 1. The summed E-state index contributed by atoms with van der Waals surface area (Å²) in [4.78, 5) is 14.4. The lowest BCUT2D eigenvalue weighted by molar-refractivity contribution is 0.141. The van der Waals surface area contributed by atoms with Crippen molar-refractivity contribution in [3.8, 4) is 11.9 Å². The number of nitrogens with zero attached hydrogens (tertiary/aromatic N) is 6. The summed E-state index contributed by atoms with van der Waals surface area (Å²) in [6.45, 7) is 3.99. The van der Waals surface area contributed by atoms with Gasteiger partial charge in [0.25, 0.3) is 0 Å². The molecule has 0 unspecified atom stereocenters. The van der Waals surface area contributed by atoms with Crippen molar-refractivity contribution in [3.05, 3.63) is 59.9 Å². The molecule has 36 heavy (non-hydrogen) atoms. The summed E-state index contributed by atoms with van der Waals surface area (Å²) < 4.78 is 7.68. The van der Waals surface area contributed by atoms with E-state index in [1.165, 1.54) is 42.1 Å². The SMILES string of the molecule is COc1cc2cccnc2c(N2CCN(C3CCC(c4cn(C)c5ccc(C#N)cc45)CC3)CC2)n1. The lowest BCUT2D eigenvalue weighted by atomic mass is 9.81. The second-order valence-corrected chi connectivity index (χ2v) is 10.1. The number of rotatable bonds is 4. The molecule has 0 N–H and O–H groups in total. The Labute approximate surface area is 211 Å². The first-order valence-electron chi connectivity index (χ1n) is 12.9. The van der Waals surface area contributed by atoms with E-state index in [4.69, 9.17) is 9.72 Å². The highest BCUT2D eigenvalue weighted by atomic mass is 16.5. The number of pyridine rings is 2. The van der Waals surface area contributed by atoms with Gasteiger partial charge in [-0.1, -0.05) is 6.07 Å². The number of fused-ring (bicyclic) bond motifs is 2. The van der Waals surface area contributed by atoms with Crippen LogP contribution in [0.25, 0.3) is 21.8 Å². The molecule has 184 valence electrons. The molecule has 0 spiro atoms. The minimum absolute atomic E-state index is 0.568. The monoisotopic (exact) mass is 480 g/mol. The number of benzene rings is 1. The molecule has 3 aromatic heterocycles. The Morgan fingerprint density at radius 3 is 2.58 bits per heavy atom. The molecule has 0 amide bonds. The quantitative estimate of drug-likeness (QED) is 0.416. The smallest absolute Gasteiger partial charge is 0.215 e. The van der Waals surface area contributed by atoms with Crippen molar-refractivity contribution < 1.29 is 4.74 Å². The van der Waals surface area contributed by atoms with Crippen LogP contribution in [0, 0.1) is 11.3 Å². The van der Waals surface area contributed by atoms with Gasteiger partial charge < -0.3 is 14.2 Å². The number of hydrogen-bond donors (Lipinski definition) is 0. The molecule has 1 saturated carbocycles. The third-order valence-electron chi connectivity index (χ3n) is 8.17. The Morgan fingerprint density at radius 1 is 1.03 bits per heavy atom. The zero-order chi connectivity index (χ0) is 24.6. The highest BCUT2D eigenvalue weighted by Gasteiger charge is 2.31. The van der Waals surface area contributed by atoms with E-state index in [0.29, 0.717) is 17.8 Å². The van der Waals surface area contributed by atoms with Gasteiger partial charge in [0.2, 0.25) is 5.88 Å². The number of aromatic nitrogens is 3. The number of anilines is 1. The van der Waals surface area contributed by atoms with Crippen LogP contribution in [-0.4, -0.2) is 58.8 Å². The maximum absolute atomic E-state index is 9.37. The van der Waals surface area contributed by atoms with Crippen LogP contribution in [0.4, 0.5) is 5.82 Å². The predicted octanol–water partition coefficient (Wildman–Crippen LogP) is 4.85. The fourth-order valence-electron chi connectivity index (χ4n) is 6.24. The Hall–Kier alpha value is -3.63. The summed E-state index contributed by atoms with van der Waals surface area (Å²) in [7, 11) is 3.78. The van der Waals surface area contributed by atoms with Gasteiger partial charge in [-0.2, -0.15) is 10.2 Å². The molecule has 4 heterocycles. The lowest BCUT2D eigenvalue weighted by Gasteiger charge is -2.42. The summed E-state index contributed by atoms with van der Waals surface area (Å²) in [5.74, 6) is 2.14. The van der Waals surface area contributed by atoms with Crippen LogP contribution >= 0.6 is 0 Å². The number of hydrogen-bond acceptors (Lipinski definition) is 6. The van der Waals surface area contributed by atoms with Crippen LogP contribution in [0.1, 0.15) is 42.7 Å². The minimum Gasteiger partial charge on any atom is -0.481 e. The predicted molar refractivity (Wildman–Crippen MR) is 143 cm³/mol. The van der Waals surface area contributed by atoms with E-state index in [9.17, 15) is 5.26 Å². The molecule has 2 aliphatic rings. The molecular weight excluding hydrogens is 448 g/mol. The van der Waals surface area contributed by atoms with Gasteiger partial charge in [-0.3, -0.25) is 9.88 Å². The number of methoxy groups -OCH3 is 1. The standard InChI is InChI=1S/C29H32N6O/c1-33-19-25(24-16-20(18-30)5-10-26(24)33)21-6-8-23(9-7-21)34-12-14-35(15-13-34)29-28-22(4-3-11-31-28)17-27(32-29)36-2/h3-5,10-11,16-17,19,21,23H,6-9,12-15H2,1-2H3. The van der Waals surface area contributed by atoms with E-state index < -0.39 is 0 Å². The molecule has 0 atom stereocenters. The summed E-state index contributed by atoms with van der Waals surface area (Å²) in [6, 6.07) is 15.0. The van der Waals surface area contributed by atoms with Gasteiger partial charge in [-0.05, 0) is 61.4 Å². The van der Waals surface area contributed by atoms with Gasteiger partial charge in [0.05, 0.1) is 18.7 Å². The van der Waals surface area contributed by atoms with Gasteiger partial charge >= 0.3 is 0 Å². The first-order valence-corrected chi connectivity index (χ1v) is 12.9. The molecule has 6 rings (SSSR count). The van der Waals surface area contributed by atoms with Crippen LogP contribution < -0.4 is 9.64 Å². The van der Waals surface area contributed by atoms with Crippen molar-refractivity contribution in [1.29, 1.82) is 5.26 Å². The topological polar surface area (TPSA) is 70.2 Å².